The molecule has 0 radical (unpaired) electrons. The molecule has 2 aromatic rings. The molecule has 88 valence electrons. The number of hydrogen-bond acceptors (Lipinski definition) is 5. The highest BCUT2D eigenvalue weighted by molar-refractivity contribution is 7.71. The van der Waals surface area contributed by atoms with Crippen LogP contribution >= 0.6 is 12.2 Å². The molecular formula is C10H10N4O2S. The van der Waals surface area contributed by atoms with Gasteiger partial charge < -0.3 is 15.3 Å². The standard InChI is InChI=1S/C10H10N4O2S/c11-14-9(12-13-10(14)17)6-2-1-3-7-8(6)16-5-4-15-7/h1-3H,4-5,11H2,(H,13,17). The molecule has 1 aromatic heterocycles. The van der Waals surface area contributed by atoms with Crippen molar-refractivity contribution in [3.8, 4) is 22.9 Å². The zero-order valence-corrected chi connectivity index (χ0v) is 9.66. The van der Waals surface area contributed by atoms with Crippen molar-refractivity contribution in [1.29, 1.82) is 0 Å². The van der Waals surface area contributed by atoms with E-state index in [4.69, 9.17) is 27.5 Å². The maximum Gasteiger partial charge on any atom is 0.214 e. The van der Waals surface area contributed by atoms with Gasteiger partial charge in [0.2, 0.25) is 4.77 Å². The number of nitrogens with one attached hydrogen (secondary N) is 1. The van der Waals surface area contributed by atoms with Gasteiger partial charge in [0, 0.05) is 0 Å². The number of hydrogen-bond donors (Lipinski definition) is 2. The number of ether oxygens (including phenoxy) is 2. The van der Waals surface area contributed by atoms with Crippen LogP contribution in [0.25, 0.3) is 11.4 Å². The lowest BCUT2D eigenvalue weighted by Gasteiger charge is -2.20. The van der Waals surface area contributed by atoms with E-state index in [0.717, 1.165) is 5.56 Å². The second-order valence-electron chi connectivity index (χ2n) is 3.55. The van der Waals surface area contributed by atoms with Crippen molar-refractivity contribution in [3.05, 3.63) is 23.0 Å². The summed E-state index contributed by atoms with van der Waals surface area (Å²) in [6.07, 6.45) is 0. The van der Waals surface area contributed by atoms with Crippen molar-refractivity contribution in [2.75, 3.05) is 19.1 Å². The second-order valence-corrected chi connectivity index (χ2v) is 3.94. The number of rotatable bonds is 1. The van der Waals surface area contributed by atoms with E-state index in [2.05, 4.69) is 10.2 Å². The lowest BCUT2D eigenvalue weighted by molar-refractivity contribution is 0.172. The zero-order valence-electron chi connectivity index (χ0n) is 8.84. The summed E-state index contributed by atoms with van der Waals surface area (Å²) in [7, 11) is 0. The molecule has 0 bridgehead atoms. The van der Waals surface area contributed by atoms with Crippen molar-refractivity contribution in [3.63, 3.8) is 0 Å². The molecule has 3 N–H and O–H groups in total. The normalized spacial score (nSPS) is 13.6. The van der Waals surface area contributed by atoms with Gasteiger partial charge in [-0.05, 0) is 24.4 Å². The van der Waals surface area contributed by atoms with Crippen molar-refractivity contribution in [2.45, 2.75) is 0 Å². The van der Waals surface area contributed by atoms with Crippen LogP contribution in [0.4, 0.5) is 0 Å². The first-order chi connectivity index (χ1) is 8.27. The number of H-pyrrole nitrogens is 1. The average molecular weight is 250 g/mol. The molecule has 0 saturated heterocycles. The Morgan fingerprint density at radius 3 is 2.94 bits per heavy atom. The van der Waals surface area contributed by atoms with E-state index in [9.17, 15) is 0 Å². The van der Waals surface area contributed by atoms with Gasteiger partial charge >= 0.3 is 0 Å². The van der Waals surface area contributed by atoms with Gasteiger partial charge in [-0.2, -0.15) is 5.10 Å². The van der Waals surface area contributed by atoms with E-state index in [0.29, 0.717) is 35.3 Å². The summed E-state index contributed by atoms with van der Waals surface area (Å²) in [6.45, 7) is 1.06. The molecule has 1 aromatic carbocycles. The van der Waals surface area contributed by atoms with Crippen LogP contribution in [-0.2, 0) is 0 Å². The smallest absolute Gasteiger partial charge is 0.214 e. The number of fused-ring (bicyclic) bond motifs is 1. The number of nitrogens with zero attached hydrogens (tertiary/aromatic N) is 2. The van der Waals surface area contributed by atoms with Crippen molar-refractivity contribution < 1.29 is 9.47 Å². The van der Waals surface area contributed by atoms with Crippen LogP contribution in [0.2, 0.25) is 0 Å². The number of aromatic amines is 1. The lowest BCUT2D eigenvalue weighted by Crippen LogP contribution is -2.17. The molecule has 0 saturated carbocycles. The number of benzene rings is 1. The van der Waals surface area contributed by atoms with E-state index in [1.165, 1.54) is 4.68 Å². The highest BCUT2D eigenvalue weighted by Crippen LogP contribution is 2.38. The van der Waals surface area contributed by atoms with Gasteiger partial charge in [0.05, 0.1) is 5.56 Å². The summed E-state index contributed by atoms with van der Waals surface area (Å²) < 4.78 is 12.7. The van der Waals surface area contributed by atoms with Gasteiger partial charge in [-0.25, -0.2) is 9.77 Å². The molecular weight excluding hydrogens is 240 g/mol. The summed E-state index contributed by atoms with van der Waals surface area (Å²) in [5.41, 5.74) is 0.761. The molecule has 0 unspecified atom stereocenters. The van der Waals surface area contributed by atoms with Crippen LogP contribution in [0.15, 0.2) is 18.2 Å². The summed E-state index contributed by atoms with van der Waals surface area (Å²) in [5, 5.41) is 6.72. The number of para-hydroxylation sites is 1. The fourth-order valence-electron chi connectivity index (χ4n) is 1.74. The quantitative estimate of drug-likeness (QED) is 0.585. The topological polar surface area (TPSA) is 78.1 Å². The Bertz CT molecular complexity index is 619. The molecule has 7 heteroatoms. The van der Waals surface area contributed by atoms with Crippen LogP contribution in [0.5, 0.6) is 11.5 Å². The molecule has 2 heterocycles. The first kappa shape index (κ1) is 10.2. The summed E-state index contributed by atoms with van der Waals surface area (Å²) in [4.78, 5) is 0. The minimum absolute atomic E-state index is 0.356. The van der Waals surface area contributed by atoms with Crippen LogP contribution in [-0.4, -0.2) is 28.1 Å². The van der Waals surface area contributed by atoms with Gasteiger partial charge in [-0.15, -0.1) is 0 Å². The maximum atomic E-state index is 5.79. The molecule has 0 aliphatic carbocycles. The van der Waals surface area contributed by atoms with E-state index in [1.807, 2.05) is 18.2 Å². The van der Waals surface area contributed by atoms with Crippen LogP contribution in [0, 0.1) is 4.77 Å². The maximum absolute atomic E-state index is 5.79. The highest BCUT2D eigenvalue weighted by atomic mass is 32.1. The Hall–Kier alpha value is -2.02. The number of aromatic nitrogens is 3. The predicted octanol–water partition coefficient (Wildman–Crippen LogP) is 1.09. The van der Waals surface area contributed by atoms with Crippen LogP contribution in [0.3, 0.4) is 0 Å². The van der Waals surface area contributed by atoms with Gasteiger partial charge in [-0.1, -0.05) is 6.07 Å². The SMILES string of the molecule is Nn1c(-c2cccc3c2OCCO3)n[nH]c1=S. The summed E-state index contributed by atoms with van der Waals surface area (Å²) in [6, 6.07) is 5.57. The molecule has 0 spiro atoms. The minimum Gasteiger partial charge on any atom is -0.486 e. The Morgan fingerprint density at radius 1 is 1.35 bits per heavy atom. The Morgan fingerprint density at radius 2 is 2.18 bits per heavy atom. The zero-order chi connectivity index (χ0) is 11.8. The Kier molecular flexibility index (Phi) is 2.25. The molecule has 0 fully saturated rings. The third-order valence-corrected chi connectivity index (χ3v) is 2.80. The summed E-state index contributed by atoms with van der Waals surface area (Å²) >= 11 is 4.98. The van der Waals surface area contributed by atoms with Crippen LogP contribution < -0.4 is 15.3 Å². The molecule has 1 aliphatic heterocycles. The third kappa shape index (κ3) is 1.55. The largest absolute Gasteiger partial charge is 0.486 e. The van der Waals surface area contributed by atoms with E-state index in [1.54, 1.807) is 0 Å². The molecule has 1 aliphatic rings. The molecule has 17 heavy (non-hydrogen) atoms. The number of nitrogens with two attached hydrogens (primary N) is 1. The molecule has 0 atom stereocenters. The number of nitrogen functional groups attached to an aromatic ring is 1. The fourth-order valence-corrected chi connectivity index (χ4v) is 1.88. The lowest BCUT2D eigenvalue weighted by atomic mass is 10.1. The predicted molar refractivity (Wildman–Crippen MR) is 64.0 cm³/mol. The van der Waals surface area contributed by atoms with Crippen molar-refractivity contribution in [2.24, 2.45) is 0 Å². The van der Waals surface area contributed by atoms with Gasteiger partial charge in [0.15, 0.2) is 17.3 Å². The molecule has 0 amide bonds. The van der Waals surface area contributed by atoms with E-state index in [-0.39, 0.29) is 0 Å². The van der Waals surface area contributed by atoms with Gasteiger partial charge in [0.1, 0.15) is 13.2 Å². The molecule has 6 nitrogen and oxygen atoms in total. The van der Waals surface area contributed by atoms with E-state index >= 15 is 0 Å². The van der Waals surface area contributed by atoms with Crippen LogP contribution in [0.1, 0.15) is 0 Å². The van der Waals surface area contributed by atoms with Gasteiger partial charge in [0.25, 0.3) is 0 Å². The summed E-state index contributed by atoms with van der Waals surface area (Å²) in [5.74, 6) is 7.66. The average Bonchev–Trinajstić information content (AvgIpc) is 2.69. The monoisotopic (exact) mass is 250 g/mol. The van der Waals surface area contributed by atoms with E-state index < -0.39 is 0 Å². The highest BCUT2D eigenvalue weighted by Gasteiger charge is 2.19. The fraction of sp³-hybridized carbons (Fsp3) is 0.200. The van der Waals surface area contributed by atoms with Gasteiger partial charge in [-0.3, -0.25) is 0 Å². The molecule has 3 rings (SSSR count). The first-order valence-corrected chi connectivity index (χ1v) is 5.49. The van der Waals surface area contributed by atoms with Crippen molar-refractivity contribution >= 4 is 12.2 Å². The second kappa shape index (κ2) is 3.77. The van der Waals surface area contributed by atoms with Crippen molar-refractivity contribution in [1.82, 2.24) is 14.9 Å². The minimum atomic E-state index is 0.356. The third-order valence-electron chi connectivity index (χ3n) is 2.51. The Balaban J connectivity index is 2.21. The first-order valence-electron chi connectivity index (χ1n) is 5.09. The Labute approximate surface area is 102 Å².